The van der Waals surface area contributed by atoms with Gasteiger partial charge in [-0.3, -0.25) is 4.79 Å². The van der Waals surface area contributed by atoms with Crippen molar-refractivity contribution in [3.8, 4) is 16.9 Å². The predicted octanol–water partition coefficient (Wildman–Crippen LogP) is 4.06. The van der Waals surface area contributed by atoms with E-state index in [4.69, 9.17) is 4.74 Å². The summed E-state index contributed by atoms with van der Waals surface area (Å²) >= 11 is 0. The molecule has 3 aromatic rings. The highest BCUT2D eigenvalue weighted by Crippen LogP contribution is 2.41. The molecule has 1 aliphatic carbocycles. The minimum Gasteiger partial charge on any atom is -0.497 e. The third-order valence-corrected chi connectivity index (χ3v) is 3.92. The molecule has 0 spiro atoms. The Hall–Kier alpha value is -2.61. The van der Waals surface area contributed by atoms with Crippen LogP contribution in [0.25, 0.3) is 21.9 Å². The van der Waals surface area contributed by atoms with E-state index >= 15 is 0 Å². The van der Waals surface area contributed by atoms with E-state index in [-0.39, 0.29) is 5.78 Å². The van der Waals surface area contributed by atoms with E-state index in [2.05, 4.69) is 6.07 Å². The minimum atomic E-state index is 0.0886. The molecule has 1 aliphatic rings. The number of ketones is 1. The summed E-state index contributed by atoms with van der Waals surface area (Å²) in [7, 11) is 1.61. The van der Waals surface area contributed by atoms with Crippen molar-refractivity contribution in [1.29, 1.82) is 0 Å². The smallest absolute Gasteiger partial charge is 0.195 e. The van der Waals surface area contributed by atoms with E-state index in [1.165, 1.54) is 0 Å². The predicted molar refractivity (Wildman–Crippen MR) is 79.4 cm³/mol. The maximum Gasteiger partial charge on any atom is 0.195 e. The Labute approximate surface area is 116 Å². The average molecular weight is 260 g/mol. The fraction of sp³-hybridized carbons (Fsp3) is 0.0556. The lowest BCUT2D eigenvalue weighted by Crippen LogP contribution is -1.96. The topological polar surface area (TPSA) is 26.3 Å². The second-order valence-electron chi connectivity index (χ2n) is 4.95. The number of fused-ring (bicyclic) bond motifs is 5. The van der Waals surface area contributed by atoms with E-state index in [0.29, 0.717) is 5.75 Å². The Balaban J connectivity index is 2.07. The van der Waals surface area contributed by atoms with Crippen molar-refractivity contribution in [2.75, 3.05) is 7.11 Å². The van der Waals surface area contributed by atoms with Crippen LogP contribution in [0.1, 0.15) is 15.9 Å². The molecule has 0 N–H and O–H groups in total. The van der Waals surface area contributed by atoms with Crippen LogP contribution in [0, 0.1) is 0 Å². The van der Waals surface area contributed by atoms with E-state index in [9.17, 15) is 4.79 Å². The molecule has 4 rings (SSSR count). The molecule has 2 nitrogen and oxygen atoms in total. The van der Waals surface area contributed by atoms with Gasteiger partial charge in [-0.15, -0.1) is 0 Å². The fourth-order valence-corrected chi connectivity index (χ4v) is 2.95. The van der Waals surface area contributed by atoms with Crippen molar-refractivity contribution in [3.63, 3.8) is 0 Å². The summed E-state index contributed by atoms with van der Waals surface area (Å²) in [6.45, 7) is 0. The molecule has 0 heterocycles. The number of carbonyl (C=O) groups excluding carboxylic acids is 1. The minimum absolute atomic E-state index is 0.0886. The number of rotatable bonds is 1. The number of ether oxygens (including phenoxy) is 1. The molecule has 3 aromatic carbocycles. The molecule has 0 amide bonds. The quantitative estimate of drug-likeness (QED) is 0.516. The van der Waals surface area contributed by atoms with Crippen LogP contribution in [0.15, 0.2) is 54.6 Å². The van der Waals surface area contributed by atoms with Gasteiger partial charge in [0, 0.05) is 11.1 Å². The molecule has 20 heavy (non-hydrogen) atoms. The molecule has 0 atom stereocenters. The lowest BCUT2D eigenvalue weighted by Gasteiger charge is -2.04. The van der Waals surface area contributed by atoms with Crippen LogP contribution in [-0.2, 0) is 0 Å². The number of methoxy groups -OCH3 is 1. The molecule has 0 unspecified atom stereocenters. The van der Waals surface area contributed by atoms with E-state index in [0.717, 1.165) is 33.0 Å². The summed E-state index contributed by atoms with van der Waals surface area (Å²) in [5.41, 5.74) is 3.56. The molecule has 0 aromatic heterocycles. The molecule has 2 heteroatoms. The first-order chi connectivity index (χ1) is 9.79. The monoisotopic (exact) mass is 260 g/mol. The SMILES string of the molecule is COc1ccc2c(c1)C(=O)c1c-2ccc2ccccc12. The van der Waals surface area contributed by atoms with Gasteiger partial charge in [-0.1, -0.05) is 36.4 Å². The van der Waals surface area contributed by atoms with Gasteiger partial charge in [0.1, 0.15) is 5.75 Å². The average Bonchev–Trinajstić information content (AvgIpc) is 2.80. The molecule has 0 saturated heterocycles. The number of hydrogen-bond donors (Lipinski definition) is 0. The van der Waals surface area contributed by atoms with Crippen molar-refractivity contribution in [1.82, 2.24) is 0 Å². The highest BCUT2D eigenvalue weighted by Gasteiger charge is 2.28. The van der Waals surface area contributed by atoms with Crippen LogP contribution in [0.5, 0.6) is 5.75 Å². The maximum atomic E-state index is 12.7. The molecule has 0 fully saturated rings. The second kappa shape index (κ2) is 3.94. The third-order valence-electron chi connectivity index (χ3n) is 3.92. The summed E-state index contributed by atoms with van der Waals surface area (Å²) in [5, 5.41) is 2.12. The summed E-state index contributed by atoms with van der Waals surface area (Å²) < 4.78 is 5.22. The molecule has 0 saturated carbocycles. The Morgan fingerprint density at radius 3 is 2.50 bits per heavy atom. The molecule has 96 valence electrons. The third kappa shape index (κ3) is 1.36. The van der Waals surface area contributed by atoms with Gasteiger partial charge in [0.15, 0.2) is 5.78 Å². The molecule has 0 aliphatic heterocycles. The highest BCUT2D eigenvalue weighted by molar-refractivity contribution is 6.27. The van der Waals surface area contributed by atoms with Gasteiger partial charge in [-0.05, 0) is 40.1 Å². The largest absolute Gasteiger partial charge is 0.497 e. The van der Waals surface area contributed by atoms with Crippen LogP contribution in [0.3, 0.4) is 0 Å². The van der Waals surface area contributed by atoms with Crippen LogP contribution < -0.4 is 4.74 Å². The maximum absolute atomic E-state index is 12.7. The Morgan fingerprint density at radius 2 is 1.65 bits per heavy atom. The molecule has 0 radical (unpaired) electrons. The van der Waals surface area contributed by atoms with E-state index in [1.807, 2.05) is 48.5 Å². The van der Waals surface area contributed by atoms with Gasteiger partial charge in [-0.25, -0.2) is 0 Å². The zero-order chi connectivity index (χ0) is 13.7. The summed E-state index contributed by atoms with van der Waals surface area (Å²) in [5.74, 6) is 0.805. The number of carbonyl (C=O) groups is 1. The van der Waals surface area contributed by atoms with Crippen LogP contribution in [0.4, 0.5) is 0 Å². The first kappa shape index (κ1) is 11.2. The van der Waals surface area contributed by atoms with Crippen molar-refractivity contribution in [2.45, 2.75) is 0 Å². The van der Waals surface area contributed by atoms with Gasteiger partial charge in [0.2, 0.25) is 0 Å². The zero-order valence-corrected chi connectivity index (χ0v) is 11.0. The van der Waals surface area contributed by atoms with Gasteiger partial charge in [0.05, 0.1) is 7.11 Å². The van der Waals surface area contributed by atoms with Crippen molar-refractivity contribution in [3.05, 3.63) is 65.7 Å². The fourth-order valence-electron chi connectivity index (χ4n) is 2.95. The van der Waals surface area contributed by atoms with Crippen molar-refractivity contribution in [2.24, 2.45) is 0 Å². The summed E-state index contributed by atoms with van der Waals surface area (Å²) in [6, 6.07) is 17.8. The lowest BCUT2D eigenvalue weighted by atomic mass is 9.99. The van der Waals surface area contributed by atoms with Crippen molar-refractivity contribution < 1.29 is 9.53 Å². The first-order valence-electron chi connectivity index (χ1n) is 6.54. The van der Waals surface area contributed by atoms with E-state index < -0.39 is 0 Å². The Morgan fingerprint density at radius 1 is 0.850 bits per heavy atom. The van der Waals surface area contributed by atoms with Crippen LogP contribution >= 0.6 is 0 Å². The second-order valence-corrected chi connectivity index (χ2v) is 4.95. The molecular weight excluding hydrogens is 248 g/mol. The molecular formula is C18H12O2. The number of benzene rings is 3. The normalized spacial score (nSPS) is 12.3. The first-order valence-corrected chi connectivity index (χ1v) is 6.54. The summed E-state index contributed by atoms with van der Waals surface area (Å²) in [4.78, 5) is 12.7. The van der Waals surface area contributed by atoms with Crippen LogP contribution in [-0.4, -0.2) is 12.9 Å². The lowest BCUT2D eigenvalue weighted by molar-refractivity contribution is 0.104. The number of hydrogen-bond acceptors (Lipinski definition) is 2. The van der Waals surface area contributed by atoms with E-state index in [1.54, 1.807) is 7.11 Å². The zero-order valence-electron chi connectivity index (χ0n) is 11.0. The molecule has 0 bridgehead atoms. The Bertz CT molecular complexity index is 862. The highest BCUT2D eigenvalue weighted by atomic mass is 16.5. The van der Waals surface area contributed by atoms with Gasteiger partial charge in [-0.2, -0.15) is 0 Å². The standard InChI is InChI=1S/C18H12O2/c1-20-12-7-9-14-15-8-6-11-4-2-3-5-13(11)17(15)18(19)16(14)10-12/h2-10H,1H3. The summed E-state index contributed by atoms with van der Waals surface area (Å²) in [6.07, 6.45) is 0. The Kier molecular flexibility index (Phi) is 2.21. The van der Waals surface area contributed by atoms with Crippen molar-refractivity contribution >= 4 is 16.6 Å². The van der Waals surface area contributed by atoms with Gasteiger partial charge in [0.25, 0.3) is 0 Å². The van der Waals surface area contributed by atoms with Gasteiger partial charge < -0.3 is 4.74 Å². The van der Waals surface area contributed by atoms with Gasteiger partial charge >= 0.3 is 0 Å². The van der Waals surface area contributed by atoms with Crippen LogP contribution in [0.2, 0.25) is 0 Å².